The van der Waals surface area contributed by atoms with E-state index in [4.69, 9.17) is 10.5 Å². The van der Waals surface area contributed by atoms with E-state index in [0.29, 0.717) is 24.4 Å². The van der Waals surface area contributed by atoms with Gasteiger partial charge < -0.3 is 10.5 Å². The molecule has 0 aliphatic carbocycles. The Kier molecular flexibility index (Phi) is 4.36. The molecule has 1 heterocycles. The second-order valence-corrected chi connectivity index (χ2v) is 7.10. The summed E-state index contributed by atoms with van der Waals surface area (Å²) in [5.74, 6) is 1.00. The Hall–Kier alpha value is -1.11. The van der Waals surface area contributed by atoms with Crippen molar-refractivity contribution in [3.63, 3.8) is 0 Å². The summed E-state index contributed by atoms with van der Waals surface area (Å²) in [4.78, 5) is 0.308. The van der Waals surface area contributed by atoms with Crippen molar-refractivity contribution in [3.8, 4) is 5.75 Å². The third-order valence-electron chi connectivity index (χ3n) is 3.43. The smallest absolute Gasteiger partial charge is 0.240 e. The molecule has 1 aliphatic heterocycles. The number of sulfonamides is 1. The lowest BCUT2D eigenvalue weighted by molar-refractivity contribution is 0.239. The molecule has 1 atom stereocenters. The number of benzene rings is 1. The maximum Gasteiger partial charge on any atom is 0.240 e. The van der Waals surface area contributed by atoms with E-state index in [-0.39, 0.29) is 12.0 Å². The molecule has 20 heavy (non-hydrogen) atoms. The van der Waals surface area contributed by atoms with Gasteiger partial charge in [0, 0.05) is 19.5 Å². The van der Waals surface area contributed by atoms with Gasteiger partial charge in [-0.3, -0.25) is 0 Å². The first kappa shape index (κ1) is 15.3. The van der Waals surface area contributed by atoms with Crippen molar-refractivity contribution in [2.75, 3.05) is 13.1 Å². The molecule has 1 unspecified atom stereocenters. The summed E-state index contributed by atoms with van der Waals surface area (Å²) in [5.41, 5.74) is 7.51. The van der Waals surface area contributed by atoms with Gasteiger partial charge >= 0.3 is 0 Å². The maximum absolute atomic E-state index is 12.2. The highest BCUT2D eigenvalue weighted by molar-refractivity contribution is 7.89. The average Bonchev–Trinajstić information content (AvgIpc) is 2.79. The molecule has 5 nitrogen and oxygen atoms in total. The zero-order valence-electron chi connectivity index (χ0n) is 12.1. The highest BCUT2D eigenvalue weighted by Crippen LogP contribution is 2.38. The van der Waals surface area contributed by atoms with Crippen LogP contribution < -0.4 is 15.2 Å². The minimum atomic E-state index is -3.45. The number of nitrogens with two attached hydrogens (primary N) is 1. The zero-order valence-corrected chi connectivity index (χ0v) is 13.0. The third kappa shape index (κ3) is 2.82. The van der Waals surface area contributed by atoms with E-state index in [0.717, 1.165) is 16.9 Å². The number of hydrogen-bond donors (Lipinski definition) is 2. The predicted octanol–water partition coefficient (Wildman–Crippen LogP) is 1.37. The second-order valence-electron chi connectivity index (χ2n) is 5.34. The van der Waals surface area contributed by atoms with Crippen molar-refractivity contribution in [3.05, 3.63) is 23.3 Å². The van der Waals surface area contributed by atoms with Gasteiger partial charge in [-0.2, -0.15) is 0 Å². The van der Waals surface area contributed by atoms with Crippen molar-refractivity contribution >= 4 is 10.0 Å². The molecule has 0 spiro atoms. The first-order valence-corrected chi connectivity index (χ1v) is 8.40. The Morgan fingerprint density at radius 2 is 2.15 bits per heavy atom. The summed E-state index contributed by atoms with van der Waals surface area (Å²) < 4.78 is 32.7. The molecule has 6 heteroatoms. The minimum absolute atomic E-state index is 0.0559. The highest BCUT2D eigenvalue weighted by Gasteiger charge is 2.28. The molecule has 112 valence electrons. The fourth-order valence-electron chi connectivity index (χ4n) is 2.42. The second kappa shape index (κ2) is 5.71. The van der Waals surface area contributed by atoms with Gasteiger partial charge in [-0.25, -0.2) is 13.1 Å². The molecule has 1 aromatic carbocycles. The number of rotatable bonds is 5. The summed E-state index contributed by atoms with van der Waals surface area (Å²) in [6, 6.07) is 3.41. The van der Waals surface area contributed by atoms with Crippen molar-refractivity contribution in [1.29, 1.82) is 0 Å². The number of nitrogens with one attached hydrogen (secondary N) is 1. The maximum atomic E-state index is 12.2. The standard InChI is InChI=1S/C14H22N2O3S/c1-4-16-20(17,18)12-6-10-5-11(8-15)19-14(10)13(7-12)9(2)3/h6-7,9,11,16H,4-5,8,15H2,1-3H3. The molecule has 0 amide bonds. The van der Waals surface area contributed by atoms with Gasteiger partial charge in [0.2, 0.25) is 10.0 Å². The van der Waals surface area contributed by atoms with Gasteiger partial charge in [-0.1, -0.05) is 20.8 Å². The molecular weight excluding hydrogens is 276 g/mol. The topological polar surface area (TPSA) is 81.4 Å². The molecule has 1 aliphatic rings. The van der Waals surface area contributed by atoms with Gasteiger partial charge in [0.15, 0.2) is 0 Å². The Bertz CT molecular complexity index is 597. The minimum Gasteiger partial charge on any atom is -0.488 e. The lowest BCUT2D eigenvalue weighted by Gasteiger charge is -2.15. The zero-order chi connectivity index (χ0) is 14.9. The molecule has 0 saturated heterocycles. The van der Waals surface area contributed by atoms with Crippen LogP contribution in [0.5, 0.6) is 5.75 Å². The number of ether oxygens (including phenoxy) is 1. The third-order valence-corrected chi connectivity index (χ3v) is 4.95. The fourth-order valence-corrected chi connectivity index (χ4v) is 3.55. The highest BCUT2D eigenvalue weighted by atomic mass is 32.2. The summed E-state index contributed by atoms with van der Waals surface area (Å²) in [5, 5.41) is 0. The quantitative estimate of drug-likeness (QED) is 0.860. The first-order valence-electron chi connectivity index (χ1n) is 6.92. The van der Waals surface area contributed by atoms with Crippen LogP contribution in [0.2, 0.25) is 0 Å². The van der Waals surface area contributed by atoms with E-state index in [1.54, 1.807) is 19.1 Å². The molecule has 3 N–H and O–H groups in total. The van der Waals surface area contributed by atoms with Crippen molar-refractivity contribution in [2.45, 2.75) is 44.1 Å². The first-order chi connectivity index (χ1) is 9.39. The molecule has 0 aromatic heterocycles. The lowest BCUT2D eigenvalue weighted by Crippen LogP contribution is -2.24. The summed E-state index contributed by atoms with van der Waals surface area (Å²) in [6.07, 6.45) is 0.612. The molecule has 0 fully saturated rings. The van der Waals surface area contributed by atoms with Crippen LogP contribution in [0.3, 0.4) is 0 Å². The van der Waals surface area contributed by atoms with Crippen LogP contribution in [0, 0.1) is 0 Å². The molecular formula is C14H22N2O3S. The summed E-state index contributed by atoms with van der Waals surface area (Å²) >= 11 is 0. The van der Waals surface area contributed by atoms with Crippen LogP contribution >= 0.6 is 0 Å². The Labute approximate surface area is 120 Å². The van der Waals surface area contributed by atoms with E-state index in [1.807, 2.05) is 13.8 Å². The van der Waals surface area contributed by atoms with E-state index >= 15 is 0 Å². The van der Waals surface area contributed by atoms with Crippen molar-refractivity contribution in [2.24, 2.45) is 5.73 Å². The van der Waals surface area contributed by atoms with Crippen molar-refractivity contribution < 1.29 is 13.2 Å². The van der Waals surface area contributed by atoms with Gasteiger partial charge in [0.1, 0.15) is 11.9 Å². The SMILES string of the molecule is CCNS(=O)(=O)c1cc2c(c(C(C)C)c1)OC(CN)C2. The normalized spacial score (nSPS) is 18.1. The van der Waals surface area contributed by atoms with Gasteiger partial charge in [-0.15, -0.1) is 0 Å². The monoisotopic (exact) mass is 298 g/mol. The van der Waals surface area contributed by atoms with E-state index in [9.17, 15) is 8.42 Å². The molecule has 1 aromatic rings. The number of fused-ring (bicyclic) bond motifs is 1. The van der Waals surface area contributed by atoms with E-state index in [2.05, 4.69) is 4.72 Å². The summed E-state index contributed by atoms with van der Waals surface area (Å²) in [7, 11) is -3.45. The Morgan fingerprint density at radius 1 is 1.45 bits per heavy atom. The average molecular weight is 298 g/mol. The van der Waals surface area contributed by atoms with Gasteiger partial charge in [-0.05, 0) is 29.2 Å². The van der Waals surface area contributed by atoms with E-state index < -0.39 is 10.0 Å². The van der Waals surface area contributed by atoms with E-state index in [1.165, 1.54) is 0 Å². The van der Waals surface area contributed by atoms with Gasteiger partial charge in [0.25, 0.3) is 0 Å². The van der Waals surface area contributed by atoms with Crippen LogP contribution in [-0.4, -0.2) is 27.6 Å². The van der Waals surface area contributed by atoms with Crippen LogP contribution in [0.25, 0.3) is 0 Å². The van der Waals surface area contributed by atoms with Crippen LogP contribution in [-0.2, 0) is 16.4 Å². The molecule has 2 rings (SSSR count). The fraction of sp³-hybridized carbons (Fsp3) is 0.571. The van der Waals surface area contributed by atoms with Crippen molar-refractivity contribution in [1.82, 2.24) is 4.72 Å². The van der Waals surface area contributed by atoms with Crippen LogP contribution in [0.1, 0.15) is 37.8 Å². The Balaban J connectivity index is 2.52. The van der Waals surface area contributed by atoms with Crippen LogP contribution in [0.4, 0.5) is 0 Å². The molecule has 0 saturated carbocycles. The van der Waals surface area contributed by atoms with Crippen LogP contribution in [0.15, 0.2) is 17.0 Å². The molecule has 0 radical (unpaired) electrons. The van der Waals surface area contributed by atoms with Gasteiger partial charge in [0.05, 0.1) is 4.90 Å². The number of hydrogen-bond acceptors (Lipinski definition) is 4. The largest absolute Gasteiger partial charge is 0.488 e. The lowest BCUT2D eigenvalue weighted by atomic mass is 9.98. The Morgan fingerprint density at radius 3 is 2.70 bits per heavy atom. The summed E-state index contributed by atoms with van der Waals surface area (Å²) in [6.45, 7) is 6.62. The predicted molar refractivity (Wildman–Crippen MR) is 78.6 cm³/mol. The molecule has 0 bridgehead atoms.